The topological polar surface area (TPSA) is 119 Å². The lowest BCUT2D eigenvalue weighted by Gasteiger charge is -2.32. The SMILES string of the molecule is NCCNC(=O)C1CCCN(C(=O)c2cccc([N+](=O)[O-])c2)C1. The van der Waals surface area contributed by atoms with Crippen molar-refractivity contribution in [2.24, 2.45) is 11.7 Å². The largest absolute Gasteiger partial charge is 0.355 e. The Bertz CT molecular complexity index is 605. The third-order valence-electron chi connectivity index (χ3n) is 3.83. The van der Waals surface area contributed by atoms with Gasteiger partial charge in [-0.1, -0.05) is 6.07 Å². The van der Waals surface area contributed by atoms with Crippen LogP contribution in [0.15, 0.2) is 24.3 Å². The van der Waals surface area contributed by atoms with Crippen LogP contribution in [0, 0.1) is 16.0 Å². The van der Waals surface area contributed by atoms with Crippen molar-refractivity contribution in [3.63, 3.8) is 0 Å². The van der Waals surface area contributed by atoms with E-state index in [9.17, 15) is 19.7 Å². The minimum Gasteiger partial charge on any atom is -0.355 e. The number of nitrogens with zero attached hydrogens (tertiary/aromatic N) is 2. The highest BCUT2D eigenvalue weighted by Gasteiger charge is 2.29. The Morgan fingerprint density at radius 1 is 1.43 bits per heavy atom. The predicted molar refractivity (Wildman–Crippen MR) is 83.8 cm³/mol. The van der Waals surface area contributed by atoms with Gasteiger partial charge >= 0.3 is 0 Å². The number of non-ortho nitro benzene ring substituents is 1. The minimum atomic E-state index is -0.532. The first-order chi connectivity index (χ1) is 11.0. The van der Waals surface area contributed by atoms with Crippen molar-refractivity contribution in [3.05, 3.63) is 39.9 Å². The Hall–Kier alpha value is -2.48. The smallest absolute Gasteiger partial charge is 0.270 e. The molecule has 0 radical (unpaired) electrons. The van der Waals surface area contributed by atoms with Crippen molar-refractivity contribution in [3.8, 4) is 0 Å². The van der Waals surface area contributed by atoms with Gasteiger partial charge in [-0.3, -0.25) is 19.7 Å². The molecule has 1 unspecified atom stereocenters. The van der Waals surface area contributed by atoms with Gasteiger partial charge in [0.15, 0.2) is 0 Å². The van der Waals surface area contributed by atoms with Crippen molar-refractivity contribution in [1.29, 1.82) is 0 Å². The molecule has 8 heteroatoms. The van der Waals surface area contributed by atoms with Gasteiger partial charge in [0.1, 0.15) is 0 Å². The van der Waals surface area contributed by atoms with E-state index in [1.54, 1.807) is 11.0 Å². The van der Waals surface area contributed by atoms with Gasteiger partial charge in [0.2, 0.25) is 5.91 Å². The molecule has 0 aromatic heterocycles. The second kappa shape index (κ2) is 7.68. The molecule has 23 heavy (non-hydrogen) atoms. The molecule has 2 rings (SSSR count). The zero-order valence-corrected chi connectivity index (χ0v) is 12.7. The van der Waals surface area contributed by atoms with Crippen LogP contribution in [0.5, 0.6) is 0 Å². The second-order valence-electron chi connectivity index (χ2n) is 5.48. The van der Waals surface area contributed by atoms with Crippen LogP contribution in [-0.4, -0.2) is 47.8 Å². The first-order valence-corrected chi connectivity index (χ1v) is 7.54. The lowest BCUT2D eigenvalue weighted by Crippen LogP contribution is -2.46. The van der Waals surface area contributed by atoms with Crippen LogP contribution in [0.4, 0.5) is 5.69 Å². The second-order valence-corrected chi connectivity index (χ2v) is 5.48. The van der Waals surface area contributed by atoms with Crippen LogP contribution in [0.2, 0.25) is 0 Å². The van der Waals surface area contributed by atoms with E-state index < -0.39 is 4.92 Å². The van der Waals surface area contributed by atoms with Gasteiger partial charge in [0.05, 0.1) is 10.8 Å². The monoisotopic (exact) mass is 320 g/mol. The highest BCUT2D eigenvalue weighted by molar-refractivity contribution is 5.95. The van der Waals surface area contributed by atoms with Crippen LogP contribution in [0.25, 0.3) is 0 Å². The van der Waals surface area contributed by atoms with Gasteiger partial charge in [0, 0.05) is 43.9 Å². The Kier molecular flexibility index (Phi) is 5.64. The Labute approximate surface area is 133 Å². The van der Waals surface area contributed by atoms with Crippen LogP contribution >= 0.6 is 0 Å². The van der Waals surface area contributed by atoms with E-state index in [1.807, 2.05) is 0 Å². The maximum atomic E-state index is 12.5. The van der Waals surface area contributed by atoms with Gasteiger partial charge in [-0.15, -0.1) is 0 Å². The molecule has 1 aromatic carbocycles. The number of hydrogen-bond donors (Lipinski definition) is 2. The molecule has 0 bridgehead atoms. The third-order valence-corrected chi connectivity index (χ3v) is 3.83. The molecule has 124 valence electrons. The Morgan fingerprint density at radius 3 is 2.91 bits per heavy atom. The standard InChI is InChI=1S/C15H20N4O4/c16-6-7-17-14(20)12-4-2-8-18(10-12)15(21)11-3-1-5-13(9-11)19(22)23/h1,3,5,9,12H,2,4,6-8,10,16H2,(H,17,20). The highest BCUT2D eigenvalue weighted by Crippen LogP contribution is 2.20. The van der Waals surface area contributed by atoms with Gasteiger partial charge in [-0.25, -0.2) is 0 Å². The average molecular weight is 320 g/mol. The lowest BCUT2D eigenvalue weighted by atomic mass is 9.96. The zero-order chi connectivity index (χ0) is 16.8. The summed E-state index contributed by atoms with van der Waals surface area (Å²) < 4.78 is 0. The number of hydrogen-bond acceptors (Lipinski definition) is 5. The number of piperidine rings is 1. The third kappa shape index (κ3) is 4.26. The molecule has 0 aliphatic carbocycles. The summed E-state index contributed by atoms with van der Waals surface area (Å²) in [5.74, 6) is -0.657. The number of carbonyl (C=O) groups is 2. The Balaban J connectivity index is 2.06. The summed E-state index contributed by atoms with van der Waals surface area (Å²) in [4.78, 5) is 36.4. The molecular weight excluding hydrogens is 300 g/mol. The number of benzene rings is 1. The van der Waals surface area contributed by atoms with Crippen molar-refractivity contribution in [2.75, 3.05) is 26.2 Å². The van der Waals surface area contributed by atoms with Crippen molar-refractivity contribution >= 4 is 17.5 Å². The minimum absolute atomic E-state index is 0.105. The molecule has 1 fully saturated rings. The lowest BCUT2D eigenvalue weighted by molar-refractivity contribution is -0.384. The summed E-state index contributed by atoms with van der Waals surface area (Å²) in [5.41, 5.74) is 5.51. The molecular formula is C15H20N4O4. The number of likely N-dealkylation sites (tertiary alicyclic amines) is 1. The summed E-state index contributed by atoms with van der Waals surface area (Å²) in [7, 11) is 0. The molecule has 1 aliphatic heterocycles. The van der Waals surface area contributed by atoms with Gasteiger partial charge < -0.3 is 16.0 Å². The first-order valence-electron chi connectivity index (χ1n) is 7.54. The highest BCUT2D eigenvalue weighted by atomic mass is 16.6. The van der Waals surface area contributed by atoms with E-state index in [2.05, 4.69) is 5.32 Å². The molecule has 8 nitrogen and oxygen atoms in total. The van der Waals surface area contributed by atoms with Crippen molar-refractivity contribution in [2.45, 2.75) is 12.8 Å². The number of nitro benzene ring substituents is 1. The fraction of sp³-hybridized carbons (Fsp3) is 0.467. The summed E-state index contributed by atoms with van der Waals surface area (Å²) in [6, 6.07) is 5.64. The fourth-order valence-electron chi connectivity index (χ4n) is 2.65. The van der Waals surface area contributed by atoms with Crippen LogP contribution in [0.1, 0.15) is 23.2 Å². The molecule has 1 saturated heterocycles. The fourth-order valence-corrected chi connectivity index (χ4v) is 2.65. The van der Waals surface area contributed by atoms with E-state index >= 15 is 0 Å². The summed E-state index contributed by atoms with van der Waals surface area (Å²) in [6.45, 7) is 1.64. The van der Waals surface area contributed by atoms with Gasteiger partial charge in [-0.05, 0) is 18.9 Å². The normalized spacial score (nSPS) is 17.6. The molecule has 1 aromatic rings. The van der Waals surface area contributed by atoms with E-state index in [4.69, 9.17) is 5.73 Å². The maximum Gasteiger partial charge on any atom is 0.270 e. The number of nitrogens with two attached hydrogens (primary N) is 1. The quantitative estimate of drug-likeness (QED) is 0.605. The molecule has 1 heterocycles. The summed E-state index contributed by atoms with van der Waals surface area (Å²) >= 11 is 0. The number of nitro groups is 1. The number of rotatable bonds is 5. The number of nitrogens with one attached hydrogen (secondary N) is 1. The molecule has 0 spiro atoms. The van der Waals surface area contributed by atoms with Gasteiger partial charge in [0.25, 0.3) is 11.6 Å². The van der Waals surface area contributed by atoms with Crippen LogP contribution in [0.3, 0.4) is 0 Å². The molecule has 1 atom stereocenters. The average Bonchev–Trinajstić information content (AvgIpc) is 2.59. The van der Waals surface area contributed by atoms with E-state index in [0.717, 1.165) is 12.8 Å². The predicted octanol–water partition coefficient (Wildman–Crippen LogP) is 0.522. The van der Waals surface area contributed by atoms with Crippen LogP contribution < -0.4 is 11.1 Å². The van der Waals surface area contributed by atoms with E-state index in [1.165, 1.54) is 18.2 Å². The summed E-state index contributed by atoms with van der Waals surface area (Å²) in [5, 5.41) is 13.5. The summed E-state index contributed by atoms with van der Waals surface area (Å²) in [6.07, 6.45) is 1.44. The number of amides is 2. The van der Waals surface area contributed by atoms with E-state index in [-0.39, 0.29) is 29.0 Å². The van der Waals surface area contributed by atoms with E-state index in [0.29, 0.717) is 26.2 Å². The molecule has 2 amide bonds. The molecule has 0 saturated carbocycles. The molecule has 3 N–H and O–H groups in total. The first kappa shape index (κ1) is 16.9. The molecule has 1 aliphatic rings. The van der Waals surface area contributed by atoms with Crippen LogP contribution in [-0.2, 0) is 4.79 Å². The number of carbonyl (C=O) groups excluding carboxylic acids is 2. The maximum absolute atomic E-state index is 12.5. The Morgan fingerprint density at radius 2 is 2.22 bits per heavy atom. The van der Waals surface area contributed by atoms with Crippen molar-refractivity contribution < 1.29 is 14.5 Å². The van der Waals surface area contributed by atoms with Gasteiger partial charge in [-0.2, -0.15) is 0 Å². The van der Waals surface area contributed by atoms with Crippen molar-refractivity contribution in [1.82, 2.24) is 10.2 Å². The zero-order valence-electron chi connectivity index (χ0n) is 12.7.